The Morgan fingerprint density at radius 2 is 1.67 bits per heavy atom. The fraction of sp³-hybridized carbons (Fsp3) is 0.407. The third kappa shape index (κ3) is 3.08. The van der Waals surface area contributed by atoms with Gasteiger partial charge in [-0.05, 0) is 61.7 Å². The Balaban J connectivity index is 1.27. The van der Waals surface area contributed by atoms with E-state index in [1.165, 1.54) is 4.90 Å². The monoisotopic (exact) mass is 490 g/mol. The summed E-state index contributed by atoms with van der Waals surface area (Å²) in [5, 5.41) is 4.40. The maximum atomic E-state index is 13.6. The summed E-state index contributed by atoms with van der Waals surface area (Å²) < 4.78 is 15.8. The normalized spacial score (nSPS) is 29.5. The molecule has 0 aromatic heterocycles. The molecule has 0 unspecified atom stereocenters. The number of esters is 1. The number of oxime groups is 1. The molecule has 1 saturated heterocycles. The number of benzene rings is 2. The molecular formula is C27H26N2O7. The van der Waals surface area contributed by atoms with Gasteiger partial charge in [-0.3, -0.25) is 14.5 Å². The lowest BCUT2D eigenvalue weighted by Gasteiger charge is -2.29. The Kier molecular flexibility index (Phi) is 5.24. The molecule has 9 heteroatoms. The van der Waals surface area contributed by atoms with Crippen LogP contribution in [0.15, 0.2) is 47.6 Å². The molecule has 2 aliphatic carbocycles. The topological polar surface area (TPSA) is 104 Å². The molecule has 3 fully saturated rings. The van der Waals surface area contributed by atoms with Crippen molar-refractivity contribution in [1.82, 2.24) is 0 Å². The Morgan fingerprint density at radius 1 is 0.972 bits per heavy atom. The van der Waals surface area contributed by atoms with Crippen molar-refractivity contribution in [3.63, 3.8) is 0 Å². The van der Waals surface area contributed by atoms with Gasteiger partial charge in [-0.25, -0.2) is 4.79 Å². The quantitative estimate of drug-likeness (QED) is 0.453. The molecule has 2 heterocycles. The van der Waals surface area contributed by atoms with Crippen LogP contribution in [-0.4, -0.2) is 50.4 Å². The van der Waals surface area contributed by atoms with Crippen molar-refractivity contribution < 1.29 is 33.4 Å². The van der Waals surface area contributed by atoms with Gasteiger partial charge >= 0.3 is 5.97 Å². The van der Waals surface area contributed by atoms with Gasteiger partial charge in [-0.2, -0.15) is 0 Å². The fourth-order valence-electron chi connectivity index (χ4n) is 6.58. The summed E-state index contributed by atoms with van der Waals surface area (Å²) in [6.07, 6.45) is 0.520. The molecule has 0 radical (unpaired) electrons. The highest BCUT2D eigenvalue weighted by Crippen LogP contribution is 2.62. The molecule has 6 atom stereocenters. The summed E-state index contributed by atoms with van der Waals surface area (Å²) in [6, 6.07) is 12.0. The number of fused-ring (bicyclic) bond motifs is 8. The van der Waals surface area contributed by atoms with Crippen LogP contribution in [0, 0.1) is 29.6 Å². The first kappa shape index (κ1) is 22.6. The minimum absolute atomic E-state index is 0.0420. The van der Waals surface area contributed by atoms with Gasteiger partial charge in [0.1, 0.15) is 6.10 Å². The van der Waals surface area contributed by atoms with Gasteiger partial charge in [0.05, 0.1) is 49.6 Å². The van der Waals surface area contributed by atoms with E-state index in [9.17, 15) is 14.4 Å². The van der Waals surface area contributed by atoms with Gasteiger partial charge in [-0.15, -0.1) is 0 Å². The maximum absolute atomic E-state index is 13.6. The fourth-order valence-corrected chi connectivity index (χ4v) is 6.58. The van der Waals surface area contributed by atoms with Gasteiger partial charge in [0.25, 0.3) is 0 Å². The highest BCUT2D eigenvalue weighted by Gasteiger charge is 2.70. The van der Waals surface area contributed by atoms with Crippen LogP contribution in [0.4, 0.5) is 5.69 Å². The standard InChI is InChI=1S/C27H26N2O7/c1-4-35-27(32)13-5-8-15(9-6-13)29-25(30)20-16-12-17(21(20)26(29)31)24-22(16)23(28-36-24)14-7-10-18(33-2)19(11-14)34-3/h5-11,16-17,20-22,24H,4,12H2,1-3H3/t16-,17+,20-,21+,22+,24+/m1/s1. The van der Waals surface area contributed by atoms with Crippen LogP contribution < -0.4 is 14.4 Å². The predicted octanol–water partition coefficient (Wildman–Crippen LogP) is 3.06. The summed E-state index contributed by atoms with van der Waals surface area (Å²) in [6.45, 7) is 2.01. The first-order valence-corrected chi connectivity index (χ1v) is 12.1. The van der Waals surface area contributed by atoms with Crippen LogP contribution in [0.2, 0.25) is 0 Å². The minimum Gasteiger partial charge on any atom is -0.493 e. The summed E-state index contributed by atoms with van der Waals surface area (Å²) in [4.78, 5) is 46.3. The minimum atomic E-state index is -0.440. The molecule has 2 saturated carbocycles. The Labute approximate surface area is 207 Å². The lowest BCUT2D eigenvalue weighted by atomic mass is 9.71. The average Bonchev–Trinajstić information content (AvgIpc) is 3.64. The number of carbonyl (C=O) groups excluding carboxylic acids is 3. The molecule has 2 aromatic carbocycles. The van der Waals surface area contributed by atoms with E-state index in [1.807, 2.05) is 18.2 Å². The Bertz CT molecular complexity index is 1290. The summed E-state index contributed by atoms with van der Waals surface area (Å²) in [7, 11) is 3.16. The molecule has 2 aromatic rings. The number of ether oxygens (including phenoxy) is 3. The third-order valence-electron chi connectivity index (χ3n) is 8.01. The second-order valence-corrected chi connectivity index (χ2v) is 9.54. The molecule has 2 amide bonds. The Morgan fingerprint density at radius 3 is 2.33 bits per heavy atom. The van der Waals surface area contributed by atoms with Crippen molar-refractivity contribution in [2.24, 2.45) is 34.7 Å². The molecule has 2 bridgehead atoms. The van der Waals surface area contributed by atoms with Crippen molar-refractivity contribution in [3.8, 4) is 11.5 Å². The van der Waals surface area contributed by atoms with Gasteiger partial charge < -0.3 is 19.0 Å². The van der Waals surface area contributed by atoms with Crippen molar-refractivity contribution in [2.45, 2.75) is 19.4 Å². The number of nitrogens with zero attached hydrogens (tertiary/aromatic N) is 2. The summed E-state index contributed by atoms with van der Waals surface area (Å²) >= 11 is 0. The molecular weight excluding hydrogens is 464 g/mol. The smallest absolute Gasteiger partial charge is 0.338 e. The van der Waals surface area contributed by atoms with E-state index in [2.05, 4.69) is 5.16 Å². The third-order valence-corrected chi connectivity index (χ3v) is 8.01. The average molecular weight is 491 g/mol. The number of hydrogen-bond donors (Lipinski definition) is 0. The Hall–Kier alpha value is -3.88. The first-order valence-electron chi connectivity index (χ1n) is 12.1. The number of methoxy groups -OCH3 is 2. The number of hydrogen-bond acceptors (Lipinski definition) is 8. The van der Waals surface area contributed by atoms with E-state index in [-0.39, 0.29) is 42.3 Å². The lowest BCUT2D eigenvalue weighted by Crippen LogP contribution is -2.41. The van der Waals surface area contributed by atoms with Gasteiger partial charge in [-0.1, -0.05) is 5.16 Å². The van der Waals surface area contributed by atoms with Crippen LogP contribution >= 0.6 is 0 Å². The maximum Gasteiger partial charge on any atom is 0.338 e. The van der Waals surface area contributed by atoms with Crippen LogP contribution in [0.25, 0.3) is 0 Å². The predicted molar refractivity (Wildman–Crippen MR) is 128 cm³/mol. The molecule has 0 N–H and O–H groups in total. The van der Waals surface area contributed by atoms with Gasteiger partial charge in [0, 0.05) is 17.4 Å². The SMILES string of the molecule is CCOC(=O)c1ccc(N2C(=O)[C@@H]3[C@H]4C[C@H]([C@@H]5ON=C(c6ccc(OC)c(OC)c6)[C@H]45)[C@@H]3C2=O)cc1. The number of rotatable bonds is 6. The van der Waals surface area contributed by atoms with Crippen LogP contribution in [-0.2, 0) is 19.2 Å². The van der Waals surface area contributed by atoms with Crippen molar-refractivity contribution >= 4 is 29.2 Å². The van der Waals surface area contributed by atoms with E-state index in [1.54, 1.807) is 45.4 Å². The highest BCUT2D eigenvalue weighted by atomic mass is 16.6. The zero-order chi connectivity index (χ0) is 25.1. The summed E-state index contributed by atoms with van der Waals surface area (Å²) in [5.41, 5.74) is 2.47. The number of imide groups is 1. The molecule has 2 aliphatic heterocycles. The number of anilines is 1. The second kappa shape index (κ2) is 8.36. The molecule has 0 spiro atoms. The van der Waals surface area contributed by atoms with E-state index in [0.29, 0.717) is 22.7 Å². The lowest BCUT2D eigenvalue weighted by molar-refractivity contribution is -0.125. The van der Waals surface area contributed by atoms with E-state index in [4.69, 9.17) is 19.0 Å². The molecule has 9 nitrogen and oxygen atoms in total. The highest BCUT2D eigenvalue weighted by molar-refractivity contribution is 6.23. The van der Waals surface area contributed by atoms with Crippen molar-refractivity contribution in [2.75, 3.05) is 25.7 Å². The van der Waals surface area contributed by atoms with Crippen LogP contribution in [0.1, 0.15) is 29.3 Å². The molecule has 4 aliphatic rings. The van der Waals surface area contributed by atoms with Gasteiger partial charge in [0.2, 0.25) is 11.8 Å². The van der Waals surface area contributed by atoms with Crippen molar-refractivity contribution in [1.29, 1.82) is 0 Å². The number of amides is 2. The van der Waals surface area contributed by atoms with E-state index in [0.717, 1.165) is 17.7 Å². The van der Waals surface area contributed by atoms with Crippen LogP contribution in [0.5, 0.6) is 11.5 Å². The zero-order valence-corrected chi connectivity index (χ0v) is 20.2. The summed E-state index contributed by atoms with van der Waals surface area (Å²) in [5.74, 6) is -0.665. The van der Waals surface area contributed by atoms with Crippen molar-refractivity contribution in [3.05, 3.63) is 53.6 Å². The van der Waals surface area contributed by atoms with E-state index >= 15 is 0 Å². The largest absolute Gasteiger partial charge is 0.493 e. The first-order chi connectivity index (χ1) is 17.5. The zero-order valence-electron chi connectivity index (χ0n) is 20.2. The molecule has 6 rings (SSSR count). The van der Waals surface area contributed by atoms with E-state index < -0.39 is 17.8 Å². The molecule has 36 heavy (non-hydrogen) atoms. The molecule has 186 valence electrons. The second-order valence-electron chi connectivity index (χ2n) is 9.54. The number of carbonyl (C=O) groups is 3. The van der Waals surface area contributed by atoms with Crippen LogP contribution in [0.3, 0.4) is 0 Å². The van der Waals surface area contributed by atoms with Gasteiger partial charge in [0.15, 0.2) is 11.5 Å².